The number of carbonyl (C=O) groups excluding carboxylic acids is 1. The van der Waals surface area contributed by atoms with Crippen LogP contribution in [0.25, 0.3) is 0 Å². The minimum absolute atomic E-state index is 0.0740. The van der Waals surface area contributed by atoms with E-state index in [1.54, 1.807) is 0 Å². The number of nitrogens with zero attached hydrogens (tertiary/aromatic N) is 6. The van der Waals surface area contributed by atoms with Crippen LogP contribution in [0.1, 0.15) is 59.5 Å². The Morgan fingerprint density at radius 3 is 2.77 bits per heavy atom. The summed E-state index contributed by atoms with van der Waals surface area (Å²) in [5, 5.41) is 8.73. The molecule has 0 aromatic carbocycles. The van der Waals surface area contributed by atoms with Gasteiger partial charge in [0, 0.05) is 32.5 Å². The second-order valence-electron chi connectivity index (χ2n) is 7.24. The summed E-state index contributed by atoms with van der Waals surface area (Å²) in [5.41, 5.74) is 0.668. The molecule has 1 aliphatic rings. The Hall–Kier alpha value is -2.22. The summed E-state index contributed by atoms with van der Waals surface area (Å²) in [7, 11) is 6.03. The van der Waals surface area contributed by atoms with Crippen molar-refractivity contribution in [2.45, 2.75) is 45.6 Å². The average Bonchev–Trinajstić information content (AvgIpc) is 3.17. The quantitative estimate of drug-likeness (QED) is 0.808. The molecule has 0 saturated carbocycles. The lowest BCUT2D eigenvalue weighted by atomic mass is 9.97. The first kappa shape index (κ1) is 18.6. The van der Waals surface area contributed by atoms with E-state index in [9.17, 15) is 4.79 Å². The maximum atomic E-state index is 12.9. The van der Waals surface area contributed by atoms with E-state index in [1.807, 2.05) is 39.9 Å². The molecule has 1 atom stereocenters. The molecule has 0 aliphatic carbocycles. The van der Waals surface area contributed by atoms with Crippen LogP contribution in [0.3, 0.4) is 0 Å². The number of likely N-dealkylation sites (tertiary alicyclic amines) is 1. The smallest absolute Gasteiger partial charge is 0.291 e. The molecule has 1 fully saturated rings. The normalized spacial score (nSPS) is 17.9. The van der Waals surface area contributed by atoms with Gasteiger partial charge in [-0.05, 0) is 33.9 Å². The number of oxazole rings is 1. The summed E-state index contributed by atoms with van der Waals surface area (Å²) in [5.74, 6) is 2.98. The van der Waals surface area contributed by atoms with Crippen molar-refractivity contribution in [1.29, 1.82) is 0 Å². The maximum Gasteiger partial charge on any atom is 0.291 e. The molecule has 2 aromatic rings. The lowest BCUT2D eigenvalue weighted by molar-refractivity contribution is 0.0668. The zero-order valence-electron chi connectivity index (χ0n) is 16.3. The molecule has 1 aliphatic heterocycles. The standard InChI is InChI=1S/C18H28N6O2/c1-6-15-19-12(2)16(26-15)18(25)24-9-7-8-13(10-24)17-21-20-14(23(17)5)11-22(3)4/h13H,6-11H2,1-5H3. The Bertz CT molecular complexity index is 779. The van der Waals surface area contributed by atoms with Gasteiger partial charge in [-0.25, -0.2) is 4.98 Å². The van der Waals surface area contributed by atoms with Crippen LogP contribution in [0.2, 0.25) is 0 Å². The molecule has 0 N–H and O–H groups in total. The van der Waals surface area contributed by atoms with Crippen molar-refractivity contribution in [3.63, 3.8) is 0 Å². The number of piperidine rings is 1. The molecule has 1 unspecified atom stereocenters. The zero-order valence-corrected chi connectivity index (χ0v) is 16.3. The van der Waals surface area contributed by atoms with Gasteiger partial charge < -0.3 is 18.8 Å². The first-order valence-electron chi connectivity index (χ1n) is 9.19. The van der Waals surface area contributed by atoms with Gasteiger partial charge in [-0.1, -0.05) is 6.92 Å². The van der Waals surface area contributed by atoms with Gasteiger partial charge in [0.15, 0.2) is 5.89 Å². The minimum atomic E-state index is -0.0740. The molecule has 3 rings (SSSR count). The summed E-state index contributed by atoms with van der Waals surface area (Å²) in [4.78, 5) is 21.2. The van der Waals surface area contributed by atoms with Crippen molar-refractivity contribution in [2.75, 3.05) is 27.2 Å². The van der Waals surface area contributed by atoms with Crippen molar-refractivity contribution < 1.29 is 9.21 Å². The number of carbonyl (C=O) groups is 1. The number of hydrogen-bond donors (Lipinski definition) is 0. The minimum Gasteiger partial charge on any atom is -0.435 e. The van der Waals surface area contributed by atoms with E-state index in [0.29, 0.717) is 30.3 Å². The lowest BCUT2D eigenvalue weighted by Crippen LogP contribution is -2.39. The van der Waals surface area contributed by atoms with Crippen LogP contribution in [0.4, 0.5) is 0 Å². The fraction of sp³-hybridized carbons (Fsp3) is 0.667. The summed E-state index contributed by atoms with van der Waals surface area (Å²) < 4.78 is 7.71. The van der Waals surface area contributed by atoms with Gasteiger partial charge in [0.2, 0.25) is 5.76 Å². The Morgan fingerprint density at radius 2 is 2.12 bits per heavy atom. The van der Waals surface area contributed by atoms with Crippen molar-refractivity contribution in [1.82, 2.24) is 29.5 Å². The second kappa shape index (κ2) is 7.57. The maximum absolute atomic E-state index is 12.9. The van der Waals surface area contributed by atoms with E-state index in [4.69, 9.17) is 4.42 Å². The van der Waals surface area contributed by atoms with Crippen LogP contribution in [0.15, 0.2) is 4.42 Å². The predicted octanol–water partition coefficient (Wildman–Crippen LogP) is 1.76. The van der Waals surface area contributed by atoms with Gasteiger partial charge >= 0.3 is 0 Å². The fourth-order valence-electron chi connectivity index (χ4n) is 3.47. The van der Waals surface area contributed by atoms with E-state index < -0.39 is 0 Å². The van der Waals surface area contributed by atoms with E-state index >= 15 is 0 Å². The largest absolute Gasteiger partial charge is 0.435 e. The van der Waals surface area contributed by atoms with Crippen molar-refractivity contribution in [3.8, 4) is 0 Å². The van der Waals surface area contributed by atoms with E-state index in [1.165, 1.54) is 0 Å². The van der Waals surface area contributed by atoms with Crippen LogP contribution in [-0.4, -0.2) is 62.6 Å². The van der Waals surface area contributed by atoms with E-state index in [2.05, 4.69) is 24.6 Å². The van der Waals surface area contributed by atoms with Crippen LogP contribution >= 0.6 is 0 Å². The first-order valence-corrected chi connectivity index (χ1v) is 9.19. The molecule has 0 spiro atoms. The second-order valence-corrected chi connectivity index (χ2v) is 7.24. The highest BCUT2D eigenvalue weighted by Crippen LogP contribution is 2.27. The Balaban J connectivity index is 1.76. The summed E-state index contributed by atoms with van der Waals surface area (Å²) in [6.45, 7) is 5.91. The number of amides is 1. The summed E-state index contributed by atoms with van der Waals surface area (Å²) >= 11 is 0. The fourth-order valence-corrected chi connectivity index (χ4v) is 3.47. The van der Waals surface area contributed by atoms with Crippen LogP contribution in [0.5, 0.6) is 0 Å². The number of hydrogen-bond acceptors (Lipinski definition) is 6. The van der Waals surface area contributed by atoms with Gasteiger partial charge in [-0.15, -0.1) is 10.2 Å². The number of aryl methyl sites for hydroxylation is 2. The Labute approximate surface area is 154 Å². The lowest BCUT2D eigenvalue weighted by Gasteiger charge is -2.31. The van der Waals surface area contributed by atoms with Crippen LogP contribution in [0, 0.1) is 6.92 Å². The van der Waals surface area contributed by atoms with Gasteiger partial charge in [0.05, 0.1) is 12.2 Å². The third-order valence-electron chi connectivity index (χ3n) is 4.87. The molecule has 8 nitrogen and oxygen atoms in total. The molecule has 3 heterocycles. The van der Waals surface area contributed by atoms with Gasteiger partial charge in [-0.2, -0.15) is 0 Å². The average molecular weight is 360 g/mol. The van der Waals surface area contributed by atoms with Crippen molar-refractivity contribution >= 4 is 5.91 Å². The first-order chi connectivity index (χ1) is 12.4. The number of aromatic nitrogens is 4. The molecular weight excluding hydrogens is 332 g/mol. The van der Waals surface area contributed by atoms with E-state index in [-0.39, 0.29) is 11.8 Å². The molecule has 0 radical (unpaired) electrons. The number of rotatable bonds is 5. The SMILES string of the molecule is CCc1nc(C)c(C(=O)N2CCCC(c3nnc(CN(C)C)n3C)C2)o1. The molecule has 142 valence electrons. The third-order valence-corrected chi connectivity index (χ3v) is 4.87. The summed E-state index contributed by atoms with van der Waals surface area (Å²) in [6.07, 6.45) is 2.64. The molecule has 1 amide bonds. The molecule has 1 saturated heterocycles. The molecular formula is C18H28N6O2. The monoisotopic (exact) mass is 360 g/mol. The highest BCUT2D eigenvalue weighted by molar-refractivity contribution is 5.92. The van der Waals surface area contributed by atoms with E-state index in [0.717, 1.165) is 37.6 Å². The highest BCUT2D eigenvalue weighted by atomic mass is 16.4. The predicted molar refractivity (Wildman–Crippen MR) is 96.9 cm³/mol. The van der Waals surface area contributed by atoms with Crippen molar-refractivity contribution in [2.24, 2.45) is 7.05 Å². The molecule has 8 heteroatoms. The third kappa shape index (κ3) is 3.65. The van der Waals surface area contributed by atoms with Gasteiger partial charge in [-0.3, -0.25) is 4.79 Å². The molecule has 0 bridgehead atoms. The highest BCUT2D eigenvalue weighted by Gasteiger charge is 2.31. The molecule has 26 heavy (non-hydrogen) atoms. The Kier molecular flexibility index (Phi) is 5.41. The van der Waals surface area contributed by atoms with Crippen molar-refractivity contribution in [3.05, 3.63) is 29.0 Å². The topological polar surface area (TPSA) is 80.3 Å². The Morgan fingerprint density at radius 1 is 1.35 bits per heavy atom. The summed E-state index contributed by atoms with van der Waals surface area (Å²) in [6, 6.07) is 0. The van der Waals surface area contributed by atoms with Crippen LogP contribution < -0.4 is 0 Å². The zero-order chi connectivity index (χ0) is 18.8. The van der Waals surface area contributed by atoms with Gasteiger partial charge in [0.25, 0.3) is 5.91 Å². The van der Waals surface area contributed by atoms with Gasteiger partial charge in [0.1, 0.15) is 11.6 Å². The molecule has 2 aromatic heterocycles. The van der Waals surface area contributed by atoms with Crippen LogP contribution in [-0.2, 0) is 20.0 Å².